The van der Waals surface area contributed by atoms with Crippen LogP contribution in [0.1, 0.15) is 25.3 Å². The molecule has 0 bridgehead atoms. The number of hydrogen-bond acceptors (Lipinski definition) is 2. The number of nitrogen functional groups attached to an aromatic ring is 1. The first-order valence-electron chi connectivity index (χ1n) is 3.41. The summed E-state index contributed by atoms with van der Waals surface area (Å²) in [5.41, 5.74) is 6.73. The summed E-state index contributed by atoms with van der Waals surface area (Å²) in [6.07, 6.45) is 1.74. The first-order chi connectivity index (χ1) is 4.70. The van der Waals surface area contributed by atoms with Crippen LogP contribution in [0.5, 0.6) is 0 Å². The molecule has 0 radical (unpaired) electrons. The Morgan fingerprint density at radius 2 is 2.20 bits per heavy atom. The summed E-state index contributed by atoms with van der Waals surface area (Å²) in [5, 5.41) is 0. The SMILES string of the molecule is CC(C)c1ccnc(N)c1. The van der Waals surface area contributed by atoms with Crippen molar-refractivity contribution in [3.63, 3.8) is 0 Å². The van der Waals surface area contributed by atoms with Gasteiger partial charge in [0.05, 0.1) is 0 Å². The number of nitrogens with two attached hydrogens (primary N) is 1. The molecule has 0 aliphatic carbocycles. The molecule has 1 heterocycles. The van der Waals surface area contributed by atoms with Crippen molar-refractivity contribution in [2.75, 3.05) is 5.73 Å². The van der Waals surface area contributed by atoms with E-state index in [2.05, 4.69) is 18.8 Å². The van der Waals surface area contributed by atoms with E-state index < -0.39 is 0 Å². The normalized spacial score (nSPS) is 10.3. The van der Waals surface area contributed by atoms with Gasteiger partial charge in [0.2, 0.25) is 0 Å². The summed E-state index contributed by atoms with van der Waals surface area (Å²) in [6.45, 7) is 4.27. The monoisotopic (exact) mass is 136 g/mol. The maximum atomic E-state index is 5.49. The van der Waals surface area contributed by atoms with Crippen molar-refractivity contribution < 1.29 is 0 Å². The van der Waals surface area contributed by atoms with Crippen LogP contribution in [-0.2, 0) is 0 Å². The summed E-state index contributed by atoms with van der Waals surface area (Å²) in [6, 6.07) is 3.89. The molecular formula is C8H12N2. The van der Waals surface area contributed by atoms with Gasteiger partial charge in [0, 0.05) is 6.20 Å². The number of nitrogens with zero attached hydrogens (tertiary/aromatic N) is 1. The maximum Gasteiger partial charge on any atom is 0.123 e. The van der Waals surface area contributed by atoms with Gasteiger partial charge in [-0.2, -0.15) is 0 Å². The van der Waals surface area contributed by atoms with E-state index in [0.717, 1.165) is 0 Å². The fourth-order valence-electron chi connectivity index (χ4n) is 0.825. The van der Waals surface area contributed by atoms with Crippen molar-refractivity contribution in [1.82, 2.24) is 4.98 Å². The zero-order valence-electron chi connectivity index (χ0n) is 6.33. The van der Waals surface area contributed by atoms with Crippen LogP contribution in [0.2, 0.25) is 0 Å². The highest BCUT2D eigenvalue weighted by atomic mass is 14.8. The predicted octanol–water partition coefficient (Wildman–Crippen LogP) is 1.79. The molecular weight excluding hydrogens is 124 g/mol. The second-order valence-electron chi connectivity index (χ2n) is 2.67. The topological polar surface area (TPSA) is 38.9 Å². The van der Waals surface area contributed by atoms with Crippen molar-refractivity contribution in [1.29, 1.82) is 0 Å². The number of rotatable bonds is 1. The number of pyridine rings is 1. The van der Waals surface area contributed by atoms with Crippen LogP contribution in [0.4, 0.5) is 5.82 Å². The van der Waals surface area contributed by atoms with Crippen molar-refractivity contribution in [3.8, 4) is 0 Å². The lowest BCUT2D eigenvalue weighted by Crippen LogP contribution is -1.93. The van der Waals surface area contributed by atoms with E-state index >= 15 is 0 Å². The van der Waals surface area contributed by atoms with Crippen molar-refractivity contribution in [2.45, 2.75) is 19.8 Å². The Morgan fingerprint density at radius 1 is 1.50 bits per heavy atom. The molecule has 1 rings (SSSR count). The van der Waals surface area contributed by atoms with Gasteiger partial charge in [-0.3, -0.25) is 0 Å². The highest BCUT2D eigenvalue weighted by Crippen LogP contribution is 2.14. The summed E-state index contributed by atoms with van der Waals surface area (Å²) >= 11 is 0. The quantitative estimate of drug-likeness (QED) is 0.639. The molecule has 54 valence electrons. The van der Waals surface area contributed by atoms with Crippen LogP contribution >= 0.6 is 0 Å². The fraction of sp³-hybridized carbons (Fsp3) is 0.375. The smallest absolute Gasteiger partial charge is 0.123 e. The third-order valence-corrected chi connectivity index (χ3v) is 1.47. The standard InChI is InChI=1S/C8H12N2/c1-6(2)7-3-4-10-8(9)5-7/h3-6H,1-2H3,(H2,9,10). The van der Waals surface area contributed by atoms with Crippen LogP contribution in [0.25, 0.3) is 0 Å². The molecule has 0 amide bonds. The zero-order chi connectivity index (χ0) is 7.56. The Bertz CT molecular complexity index is 218. The van der Waals surface area contributed by atoms with Gasteiger partial charge in [0.25, 0.3) is 0 Å². The van der Waals surface area contributed by atoms with Gasteiger partial charge in [-0.05, 0) is 23.6 Å². The molecule has 2 heteroatoms. The van der Waals surface area contributed by atoms with Gasteiger partial charge in [-0.15, -0.1) is 0 Å². The molecule has 0 aliphatic rings. The number of aromatic nitrogens is 1. The van der Waals surface area contributed by atoms with Gasteiger partial charge in [0.15, 0.2) is 0 Å². The molecule has 2 nitrogen and oxygen atoms in total. The highest BCUT2D eigenvalue weighted by molar-refractivity contribution is 5.33. The fourth-order valence-corrected chi connectivity index (χ4v) is 0.825. The third kappa shape index (κ3) is 1.47. The van der Waals surface area contributed by atoms with E-state index in [1.807, 2.05) is 12.1 Å². The lowest BCUT2D eigenvalue weighted by atomic mass is 10.1. The van der Waals surface area contributed by atoms with E-state index in [1.54, 1.807) is 6.20 Å². The minimum absolute atomic E-state index is 0.533. The van der Waals surface area contributed by atoms with Crippen LogP contribution in [0.15, 0.2) is 18.3 Å². The first kappa shape index (κ1) is 7.06. The van der Waals surface area contributed by atoms with Crippen molar-refractivity contribution in [2.24, 2.45) is 0 Å². The van der Waals surface area contributed by atoms with Crippen molar-refractivity contribution >= 4 is 5.82 Å². The second-order valence-corrected chi connectivity index (χ2v) is 2.67. The van der Waals surface area contributed by atoms with Crippen LogP contribution in [0.3, 0.4) is 0 Å². The minimum Gasteiger partial charge on any atom is -0.384 e. The molecule has 0 saturated carbocycles. The van der Waals surface area contributed by atoms with E-state index in [9.17, 15) is 0 Å². The predicted molar refractivity (Wildman–Crippen MR) is 42.7 cm³/mol. The van der Waals surface area contributed by atoms with Gasteiger partial charge in [0.1, 0.15) is 5.82 Å². The summed E-state index contributed by atoms with van der Waals surface area (Å²) in [5.74, 6) is 1.14. The number of hydrogen-bond donors (Lipinski definition) is 1. The molecule has 0 unspecified atom stereocenters. The van der Waals surface area contributed by atoms with Crippen LogP contribution < -0.4 is 5.73 Å². The molecule has 1 aromatic heterocycles. The Balaban J connectivity index is 2.96. The van der Waals surface area contributed by atoms with E-state index in [1.165, 1.54) is 5.56 Å². The summed E-state index contributed by atoms with van der Waals surface area (Å²) in [4.78, 5) is 3.90. The minimum atomic E-state index is 0.533. The average molecular weight is 136 g/mol. The highest BCUT2D eigenvalue weighted by Gasteiger charge is 1.97. The lowest BCUT2D eigenvalue weighted by Gasteiger charge is -2.03. The second kappa shape index (κ2) is 2.69. The Kier molecular flexibility index (Phi) is 1.90. The zero-order valence-corrected chi connectivity index (χ0v) is 6.33. The molecule has 0 spiro atoms. The average Bonchev–Trinajstić information content (AvgIpc) is 1.88. The molecule has 1 aromatic rings. The van der Waals surface area contributed by atoms with E-state index in [-0.39, 0.29) is 0 Å². The molecule has 0 saturated heterocycles. The largest absolute Gasteiger partial charge is 0.384 e. The first-order valence-corrected chi connectivity index (χ1v) is 3.41. The van der Waals surface area contributed by atoms with Crippen LogP contribution in [-0.4, -0.2) is 4.98 Å². The van der Waals surface area contributed by atoms with Gasteiger partial charge >= 0.3 is 0 Å². The maximum absolute atomic E-state index is 5.49. The molecule has 0 fully saturated rings. The van der Waals surface area contributed by atoms with Gasteiger partial charge < -0.3 is 5.73 Å². The molecule has 0 atom stereocenters. The summed E-state index contributed by atoms with van der Waals surface area (Å²) in [7, 11) is 0. The Labute approximate surface area is 61.1 Å². The lowest BCUT2D eigenvalue weighted by molar-refractivity contribution is 0.864. The third-order valence-electron chi connectivity index (χ3n) is 1.47. The number of anilines is 1. The van der Waals surface area contributed by atoms with Crippen LogP contribution in [0, 0.1) is 0 Å². The summed E-state index contributed by atoms with van der Waals surface area (Å²) < 4.78 is 0. The molecule has 0 aromatic carbocycles. The van der Waals surface area contributed by atoms with E-state index in [4.69, 9.17) is 5.73 Å². The van der Waals surface area contributed by atoms with E-state index in [0.29, 0.717) is 11.7 Å². The van der Waals surface area contributed by atoms with Gasteiger partial charge in [-0.25, -0.2) is 4.98 Å². The van der Waals surface area contributed by atoms with Crippen molar-refractivity contribution in [3.05, 3.63) is 23.9 Å². The Hall–Kier alpha value is -1.05. The molecule has 2 N–H and O–H groups in total. The molecule has 0 aliphatic heterocycles. The molecule has 10 heavy (non-hydrogen) atoms. The Morgan fingerprint density at radius 3 is 2.60 bits per heavy atom. The van der Waals surface area contributed by atoms with Gasteiger partial charge in [-0.1, -0.05) is 13.8 Å².